The van der Waals surface area contributed by atoms with Crippen LogP contribution in [0.25, 0.3) is 17.0 Å². The molecule has 0 bridgehead atoms. The van der Waals surface area contributed by atoms with Crippen molar-refractivity contribution in [2.24, 2.45) is 0 Å². The number of carbonyl (C=O) groups excluding carboxylic acids is 2. The monoisotopic (exact) mass is 467 g/mol. The van der Waals surface area contributed by atoms with Gasteiger partial charge in [0.1, 0.15) is 5.70 Å². The molecule has 1 saturated heterocycles. The van der Waals surface area contributed by atoms with Crippen LogP contribution in [0.15, 0.2) is 54.4 Å². The Bertz CT molecular complexity index is 1260. The van der Waals surface area contributed by atoms with Gasteiger partial charge in [0.25, 0.3) is 5.91 Å². The highest BCUT2D eigenvalue weighted by atomic mass is 19.4. The number of likely N-dealkylation sites (N-methyl/N-ethyl adjacent to an activating group) is 1. The molecule has 1 aliphatic heterocycles. The number of imide groups is 1. The highest BCUT2D eigenvalue weighted by molar-refractivity contribution is 6.14. The molecule has 172 valence electrons. The quantitative estimate of drug-likeness (QED) is 0.308. The Morgan fingerprint density at radius 3 is 2.15 bits per heavy atom. The average Bonchev–Trinajstić information content (AvgIpc) is 3.23. The molecule has 1 aliphatic rings. The number of aromatic amines is 1. The van der Waals surface area contributed by atoms with Gasteiger partial charge in [-0.25, -0.2) is 4.79 Å². The Morgan fingerprint density at radius 1 is 0.939 bits per heavy atom. The number of urea groups is 1. The number of H-pyrrole nitrogens is 1. The number of nitrogens with zero attached hydrogens (tertiary/aromatic N) is 2. The summed E-state index contributed by atoms with van der Waals surface area (Å²) in [5, 5.41) is 0.768. The third-order valence-electron chi connectivity index (χ3n) is 5.25. The SMILES string of the molecule is CN1C(=O)N(Cc2cc(C(F)(F)F)cc(C(F)(F)F)c2)C(=O)C1=Cc1c[nH]c2ccccc12. The second kappa shape index (κ2) is 7.68. The molecule has 2 aromatic carbocycles. The van der Waals surface area contributed by atoms with E-state index in [4.69, 9.17) is 0 Å². The van der Waals surface area contributed by atoms with Gasteiger partial charge in [-0.15, -0.1) is 0 Å². The van der Waals surface area contributed by atoms with Gasteiger partial charge in [-0.1, -0.05) is 18.2 Å². The zero-order valence-corrected chi connectivity index (χ0v) is 16.9. The fraction of sp³-hybridized carbons (Fsp3) is 0.182. The van der Waals surface area contributed by atoms with Gasteiger partial charge < -0.3 is 4.98 Å². The number of nitrogens with one attached hydrogen (secondary N) is 1. The van der Waals surface area contributed by atoms with Crippen LogP contribution in [0.1, 0.15) is 22.3 Å². The first-order chi connectivity index (χ1) is 15.4. The number of alkyl halides is 6. The van der Waals surface area contributed by atoms with E-state index in [1.165, 1.54) is 13.1 Å². The lowest BCUT2D eigenvalue weighted by Gasteiger charge is -2.17. The number of fused-ring (bicyclic) bond motifs is 1. The largest absolute Gasteiger partial charge is 0.416 e. The fourth-order valence-electron chi connectivity index (χ4n) is 3.60. The fourth-order valence-corrected chi connectivity index (χ4v) is 3.60. The summed E-state index contributed by atoms with van der Waals surface area (Å²) in [6.07, 6.45) is -7.01. The number of amides is 3. The lowest BCUT2D eigenvalue weighted by Crippen LogP contribution is -2.31. The second-order valence-corrected chi connectivity index (χ2v) is 7.47. The van der Waals surface area contributed by atoms with Crippen LogP contribution in [0.5, 0.6) is 0 Å². The van der Waals surface area contributed by atoms with Gasteiger partial charge in [0.05, 0.1) is 17.7 Å². The van der Waals surface area contributed by atoms with Crippen LogP contribution in [-0.2, 0) is 23.7 Å². The van der Waals surface area contributed by atoms with Crippen LogP contribution in [0.4, 0.5) is 31.1 Å². The average molecular weight is 467 g/mol. The molecule has 0 aliphatic carbocycles. The van der Waals surface area contributed by atoms with Crippen molar-refractivity contribution in [1.29, 1.82) is 0 Å². The van der Waals surface area contributed by atoms with Crippen LogP contribution < -0.4 is 0 Å². The normalized spacial score (nSPS) is 16.5. The maximum absolute atomic E-state index is 13.1. The predicted molar refractivity (Wildman–Crippen MR) is 106 cm³/mol. The van der Waals surface area contributed by atoms with Crippen molar-refractivity contribution in [3.8, 4) is 0 Å². The van der Waals surface area contributed by atoms with E-state index in [9.17, 15) is 35.9 Å². The van der Waals surface area contributed by atoms with Crippen molar-refractivity contribution in [3.63, 3.8) is 0 Å². The second-order valence-electron chi connectivity index (χ2n) is 7.47. The van der Waals surface area contributed by atoms with E-state index in [1.54, 1.807) is 30.5 Å². The minimum absolute atomic E-state index is 0.00834. The summed E-state index contributed by atoms with van der Waals surface area (Å²) in [4.78, 5) is 30.1. The van der Waals surface area contributed by atoms with E-state index < -0.39 is 47.5 Å². The zero-order chi connectivity index (χ0) is 24.1. The first kappa shape index (κ1) is 22.4. The molecule has 0 unspecified atom stereocenters. The number of rotatable bonds is 3. The molecule has 33 heavy (non-hydrogen) atoms. The minimum atomic E-state index is -5.04. The molecule has 3 aromatic rings. The lowest BCUT2D eigenvalue weighted by molar-refractivity contribution is -0.143. The van der Waals surface area contributed by atoms with Gasteiger partial charge in [0, 0.05) is 29.7 Å². The highest BCUT2D eigenvalue weighted by Crippen LogP contribution is 2.37. The number of benzene rings is 2. The number of aromatic nitrogens is 1. The maximum Gasteiger partial charge on any atom is 0.416 e. The van der Waals surface area contributed by atoms with Crippen molar-refractivity contribution in [3.05, 3.63) is 76.6 Å². The summed E-state index contributed by atoms with van der Waals surface area (Å²) < 4.78 is 78.8. The molecule has 1 N–H and O–H groups in total. The molecule has 2 heterocycles. The van der Waals surface area contributed by atoms with Crippen LogP contribution in [-0.4, -0.2) is 33.8 Å². The maximum atomic E-state index is 13.1. The Kier molecular flexibility index (Phi) is 5.22. The van der Waals surface area contributed by atoms with E-state index in [2.05, 4.69) is 4.98 Å². The molecule has 0 saturated carbocycles. The van der Waals surface area contributed by atoms with Gasteiger partial charge in [0.15, 0.2) is 0 Å². The summed E-state index contributed by atoms with van der Waals surface area (Å²) in [5.41, 5.74) is -2.20. The third kappa shape index (κ3) is 4.18. The molecular weight excluding hydrogens is 452 g/mol. The van der Waals surface area contributed by atoms with Crippen molar-refractivity contribution < 1.29 is 35.9 Å². The number of hydrogen-bond acceptors (Lipinski definition) is 2. The topological polar surface area (TPSA) is 56.4 Å². The first-order valence-corrected chi connectivity index (χ1v) is 9.52. The van der Waals surface area contributed by atoms with E-state index in [0.29, 0.717) is 22.6 Å². The number of carbonyl (C=O) groups is 2. The van der Waals surface area contributed by atoms with Crippen molar-refractivity contribution in [2.45, 2.75) is 18.9 Å². The standard InChI is InChI=1S/C22H15F6N3O2/c1-30-18(8-13-10-29-17-5-3-2-4-16(13)17)19(32)31(20(30)33)11-12-6-14(21(23,24)25)9-15(7-12)22(26,27)28/h2-10,29H,11H2,1H3. The first-order valence-electron chi connectivity index (χ1n) is 9.52. The van der Waals surface area contributed by atoms with Gasteiger partial charge in [-0.3, -0.25) is 14.6 Å². The van der Waals surface area contributed by atoms with Gasteiger partial charge in [0.2, 0.25) is 0 Å². The van der Waals surface area contributed by atoms with E-state index in [-0.39, 0.29) is 11.8 Å². The van der Waals surface area contributed by atoms with Crippen LogP contribution in [0.3, 0.4) is 0 Å². The highest BCUT2D eigenvalue weighted by Gasteiger charge is 2.41. The smallest absolute Gasteiger partial charge is 0.361 e. The van der Waals surface area contributed by atoms with Gasteiger partial charge in [-0.2, -0.15) is 26.3 Å². The molecule has 4 rings (SSSR count). The number of para-hydroxylation sites is 1. The van der Waals surface area contributed by atoms with Crippen LogP contribution in [0, 0.1) is 0 Å². The van der Waals surface area contributed by atoms with Gasteiger partial charge in [-0.05, 0) is 35.9 Å². The number of hydrogen-bond donors (Lipinski definition) is 1. The Labute approximate surface area is 182 Å². The van der Waals surface area contributed by atoms with Crippen molar-refractivity contribution >= 4 is 28.9 Å². The third-order valence-corrected chi connectivity index (χ3v) is 5.25. The summed E-state index contributed by atoms with van der Waals surface area (Å²) in [6, 6.07) is 7.30. The molecular formula is C22H15F6N3O2. The Morgan fingerprint density at radius 2 is 1.55 bits per heavy atom. The van der Waals surface area contributed by atoms with E-state index in [0.717, 1.165) is 15.8 Å². The molecule has 11 heteroatoms. The predicted octanol–water partition coefficient (Wildman–Crippen LogP) is 5.64. The lowest BCUT2D eigenvalue weighted by atomic mass is 10.0. The summed E-state index contributed by atoms with van der Waals surface area (Å²) >= 11 is 0. The van der Waals surface area contributed by atoms with E-state index >= 15 is 0 Å². The Balaban J connectivity index is 1.70. The summed E-state index contributed by atoms with van der Waals surface area (Å²) in [7, 11) is 1.30. The molecule has 0 atom stereocenters. The number of halogens is 6. The summed E-state index contributed by atoms with van der Waals surface area (Å²) in [6.45, 7) is -0.750. The minimum Gasteiger partial charge on any atom is -0.361 e. The van der Waals surface area contributed by atoms with Crippen LogP contribution in [0.2, 0.25) is 0 Å². The zero-order valence-electron chi connectivity index (χ0n) is 16.9. The van der Waals surface area contributed by atoms with E-state index in [1.807, 2.05) is 0 Å². The molecule has 1 aromatic heterocycles. The summed E-state index contributed by atoms with van der Waals surface area (Å²) in [5.74, 6) is -0.834. The molecule has 5 nitrogen and oxygen atoms in total. The molecule has 0 spiro atoms. The molecule has 1 fully saturated rings. The van der Waals surface area contributed by atoms with Crippen molar-refractivity contribution in [2.75, 3.05) is 7.05 Å². The van der Waals surface area contributed by atoms with Gasteiger partial charge >= 0.3 is 18.4 Å². The molecule has 0 radical (unpaired) electrons. The van der Waals surface area contributed by atoms with Crippen molar-refractivity contribution in [1.82, 2.24) is 14.8 Å². The Hall–Kier alpha value is -3.76. The van der Waals surface area contributed by atoms with Crippen LogP contribution >= 0.6 is 0 Å². The molecule has 3 amide bonds.